The molecule has 32 heavy (non-hydrogen) atoms. The van der Waals surface area contributed by atoms with E-state index in [2.05, 4.69) is 15.4 Å². The van der Waals surface area contributed by atoms with Crippen molar-refractivity contribution in [2.24, 2.45) is 0 Å². The third-order valence-corrected chi connectivity index (χ3v) is 5.77. The molecule has 2 heterocycles. The van der Waals surface area contributed by atoms with Gasteiger partial charge in [0.1, 0.15) is 0 Å². The van der Waals surface area contributed by atoms with Crippen LogP contribution >= 0.6 is 11.6 Å². The van der Waals surface area contributed by atoms with E-state index in [0.29, 0.717) is 38.1 Å². The van der Waals surface area contributed by atoms with Gasteiger partial charge in [0.25, 0.3) is 11.5 Å². The van der Waals surface area contributed by atoms with Gasteiger partial charge in [-0.3, -0.25) is 19.7 Å². The largest absolute Gasteiger partial charge is 0.346 e. The fraction of sp³-hybridized carbons (Fsp3) is 0.0800. The van der Waals surface area contributed by atoms with Crippen molar-refractivity contribution in [2.75, 3.05) is 0 Å². The van der Waals surface area contributed by atoms with Crippen LogP contribution in [-0.2, 0) is 0 Å². The molecular weight excluding hydrogens is 424 g/mol. The van der Waals surface area contributed by atoms with Crippen molar-refractivity contribution in [1.29, 1.82) is 0 Å². The quantitative estimate of drug-likeness (QED) is 0.410. The Bertz CT molecular complexity index is 1500. The van der Waals surface area contributed by atoms with Crippen LogP contribution in [0.2, 0.25) is 5.02 Å². The monoisotopic (exact) mass is 442 g/mol. The molecule has 0 aliphatic heterocycles. The lowest BCUT2D eigenvalue weighted by atomic mass is 10.1. The van der Waals surface area contributed by atoms with Crippen molar-refractivity contribution >= 4 is 39.3 Å². The number of nitrogens with zero attached hydrogens (tertiary/aromatic N) is 2. The maximum atomic E-state index is 13.0. The molecule has 0 aliphatic carbocycles. The summed E-state index contributed by atoms with van der Waals surface area (Å²) in [6.07, 6.45) is 1.56. The summed E-state index contributed by atoms with van der Waals surface area (Å²) in [5.41, 5.74) is 3.28. The van der Waals surface area contributed by atoms with Crippen molar-refractivity contribution in [3.8, 4) is 5.69 Å². The van der Waals surface area contributed by atoms with E-state index >= 15 is 0 Å². The summed E-state index contributed by atoms with van der Waals surface area (Å²) in [7, 11) is 0. The Morgan fingerprint density at radius 3 is 2.53 bits per heavy atom. The van der Waals surface area contributed by atoms with Gasteiger partial charge in [-0.1, -0.05) is 41.9 Å². The number of H-pyrrole nitrogens is 1. The number of nitrogens with one attached hydrogen (secondary N) is 2. The lowest BCUT2D eigenvalue weighted by Crippen LogP contribution is -2.26. The topological polar surface area (TPSA) is 79.8 Å². The number of hydrogen-bond donors (Lipinski definition) is 2. The highest BCUT2D eigenvalue weighted by Crippen LogP contribution is 2.23. The zero-order valence-corrected chi connectivity index (χ0v) is 17.9. The fourth-order valence-corrected chi connectivity index (χ4v) is 3.90. The van der Waals surface area contributed by atoms with Crippen LogP contribution in [0, 0.1) is 0 Å². The van der Waals surface area contributed by atoms with Gasteiger partial charge in [0.05, 0.1) is 28.1 Å². The zero-order chi connectivity index (χ0) is 22.2. The van der Waals surface area contributed by atoms with Gasteiger partial charge in [-0.25, -0.2) is 4.68 Å². The summed E-state index contributed by atoms with van der Waals surface area (Å²) in [6, 6.07) is 21.9. The molecular formula is C25H19ClN4O2. The zero-order valence-electron chi connectivity index (χ0n) is 17.2. The van der Waals surface area contributed by atoms with Crippen LogP contribution in [0.15, 0.2) is 83.8 Å². The normalized spacial score (nSPS) is 12.2. The highest BCUT2D eigenvalue weighted by molar-refractivity contribution is 6.30. The molecule has 0 bridgehead atoms. The highest BCUT2D eigenvalue weighted by Gasteiger charge is 2.16. The minimum Gasteiger partial charge on any atom is -0.346 e. The third kappa shape index (κ3) is 3.55. The lowest BCUT2D eigenvalue weighted by molar-refractivity contribution is 0.0940. The first kappa shape index (κ1) is 20.0. The molecule has 6 nitrogen and oxygen atoms in total. The van der Waals surface area contributed by atoms with Crippen LogP contribution in [0.3, 0.4) is 0 Å². The Labute approximate surface area is 188 Å². The number of benzene rings is 3. The molecule has 1 atom stereocenters. The molecule has 3 aromatic carbocycles. The van der Waals surface area contributed by atoms with E-state index in [-0.39, 0.29) is 17.5 Å². The van der Waals surface area contributed by atoms with Crippen molar-refractivity contribution in [2.45, 2.75) is 13.0 Å². The molecule has 0 fully saturated rings. The molecule has 0 saturated carbocycles. The molecule has 5 rings (SSSR count). The summed E-state index contributed by atoms with van der Waals surface area (Å²) in [4.78, 5) is 30.3. The smallest absolute Gasteiger partial charge is 0.280 e. The first-order valence-electron chi connectivity index (χ1n) is 10.2. The first-order chi connectivity index (χ1) is 15.5. The number of aromatic nitrogens is 3. The van der Waals surface area contributed by atoms with Crippen LogP contribution < -0.4 is 10.9 Å². The van der Waals surface area contributed by atoms with E-state index in [4.69, 9.17) is 11.6 Å². The maximum absolute atomic E-state index is 13.0. The Hall–Kier alpha value is -3.90. The first-order valence-corrected chi connectivity index (χ1v) is 10.5. The van der Waals surface area contributed by atoms with Crippen LogP contribution in [0.1, 0.15) is 28.9 Å². The lowest BCUT2D eigenvalue weighted by Gasteiger charge is -2.14. The van der Waals surface area contributed by atoms with E-state index in [1.54, 1.807) is 48.7 Å². The second-order valence-corrected chi connectivity index (χ2v) is 8.05. The minimum absolute atomic E-state index is 0.140. The third-order valence-electron chi connectivity index (χ3n) is 5.52. The standard InChI is InChI=1S/C25H19ClN4O2/c1-15(16-5-3-2-4-6-16)28-24(31)17-7-12-22-20(13-17)23-21(14-27-22)25(32)30(29-23)19-10-8-18(26)9-11-19/h2-15,29H,1H3,(H,28,31)/t15-/m1/s1. The van der Waals surface area contributed by atoms with E-state index in [0.717, 1.165) is 5.56 Å². The summed E-state index contributed by atoms with van der Waals surface area (Å²) >= 11 is 5.97. The van der Waals surface area contributed by atoms with Crippen LogP contribution in [0.25, 0.3) is 27.5 Å². The van der Waals surface area contributed by atoms with Crippen molar-refractivity contribution in [3.63, 3.8) is 0 Å². The SMILES string of the molecule is C[C@@H](NC(=O)c1ccc2ncc3c(=O)n(-c4ccc(Cl)cc4)[nH]c3c2c1)c1ccccc1. The van der Waals surface area contributed by atoms with Crippen molar-refractivity contribution in [1.82, 2.24) is 20.1 Å². The second-order valence-electron chi connectivity index (χ2n) is 7.61. The number of aromatic amines is 1. The number of carbonyl (C=O) groups excluding carboxylic acids is 1. The Kier molecular flexibility index (Phi) is 4.99. The van der Waals surface area contributed by atoms with E-state index in [1.165, 1.54) is 4.68 Å². The van der Waals surface area contributed by atoms with Gasteiger partial charge in [-0.15, -0.1) is 0 Å². The Balaban J connectivity index is 1.56. The molecule has 5 aromatic rings. The number of fused-ring (bicyclic) bond motifs is 3. The number of hydrogen-bond acceptors (Lipinski definition) is 3. The molecule has 0 aliphatic rings. The van der Waals surface area contributed by atoms with E-state index in [9.17, 15) is 9.59 Å². The molecule has 0 radical (unpaired) electrons. The molecule has 2 aromatic heterocycles. The van der Waals surface area contributed by atoms with E-state index in [1.807, 2.05) is 37.3 Å². The summed E-state index contributed by atoms with van der Waals surface area (Å²) in [5, 5.41) is 7.93. The van der Waals surface area contributed by atoms with Gasteiger partial charge in [-0.2, -0.15) is 0 Å². The van der Waals surface area contributed by atoms with Crippen LogP contribution in [0.5, 0.6) is 0 Å². The van der Waals surface area contributed by atoms with Crippen molar-refractivity contribution in [3.05, 3.63) is 105 Å². The summed E-state index contributed by atoms with van der Waals surface area (Å²) in [5.74, 6) is -0.195. The van der Waals surface area contributed by atoms with Gasteiger partial charge in [-0.05, 0) is 55.0 Å². The number of amides is 1. The molecule has 0 saturated heterocycles. The molecule has 1 amide bonds. The van der Waals surface area contributed by atoms with Gasteiger partial charge < -0.3 is 5.32 Å². The average molecular weight is 443 g/mol. The number of rotatable bonds is 4. The highest BCUT2D eigenvalue weighted by atomic mass is 35.5. The molecule has 158 valence electrons. The molecule has 0 unspecified atom stereocenters. The minimum atomic E-state index is -0.218. The summed E-state index contributed by atoms with van der Waals surface area (Å²) < 4.78 is 1.45. The molecule has 7 heteroatoms. The Morgan fingerprint density at radius 2 is 1.78 bits per heavy atom. The number of pyridine rings is 1. The van der Waals surface area contributed by atoms with Crippen LogP contribution in [-0.4, -0.2) is 20.7 Å². The average Bonchev–Trinajstić information content (AvgIpc) is 3.16. The van der Waals surface area contributed by atoms with Crippen molar-refractivity contribution < 1.29 is 4.79 Å². The van der Waals surface area contributed by atoms with Gasteiger partial charge in [0, 0.05) is 22.2 Å². The van der Waals surface area contributed by atoms with E-state index < -0.39 is 0 Å². The molecule has 0 spiro atoms. The van der Waals surface area contributed by atoms with Gasteiger partial charge in [0.2, 0.25) is 0 Å². The predicted molar refractivity (Wildman–Crippen MR) is 127 cm³/mol. The summed E-state index contributed by atoms with van der Waals surface area (Å²) in [6.45, 7) is 1.94. The van der Waals surface area contributed by atoms with Crippen LogP contribution in [0.4, 0.5) is 0 Å². The Morgan fingerprint density at radius 1 is 1.03 bits per heavy atom. The number of halogens is 1. The maximum Gasteiger partial charge on any atom is 0.280 e. The van der Waals surface area contributed by atoms with Gasteiger partial charge >= 0.3 is 0 Å². The second kappa shape index (κ2) is 7.98. The van der Waals surface area contributed by atoms with Gasteiger partial charge in [0.15, 0.2) is 0 Å². The fourth-order valence-electron chi connectivity index (χ4n) is 3.78. The predicted octanol–water partition coefficient (Wildman–Crippen LogP) is 5.01. The molecule has 2 N–H and O–H groups in total. The number of carbonyl (C=O) groups is 1.